The van der Waals surface area contributed by atoms with Gasteiger partial charge in [0.25, 0.3) is 0 Å². The zero-order valence-electron chi connectivity index (χ0n) is 11.1. The van der Waals surface area contributed by atoms with Gasteiger partial charge in [-0.3, -0.25) is 4.79 Å². The first kappa shape index (κ1) is 15.1. The number of benzene rings is 1. The van der Waals surface area contributed by atoms with Crippen LogP contribution in [0.2, 0.25) is 5.02 Å². The SMILES string of the molecule is CN(C(=O)/C=C/c1ccc(Cl)cc1)[C@@H]1CCS(=O)(=O)C1. The van der Waals surface area contributed by atoms with Gasteiger partial charge in [-0.25, -0.2) is 8.42 Å². The van der Waals surface area contributed by atoms with Gasteiger partial charge in [-0.1, -0.05) is 23.7 Å². The number of nitrogens with zero attached hydrogens (tertiary/aromatic N) is 1. The van der Waals surface area contributed by atoms with Crippen LogP contribution in [-0.4, -0.2) is 43.8 Å². The molecule has 0 aromatic heterocycles. The summed E-state index contributed by atoms with van der Waals surface area (Å²) in [6.45, 7) is 0. The van der Waals surface area contributed by atoms with E-state index in [9.17, 15) is 13.2 Å². The Kier molecular flexibility index (Phi) is 4.50. The Hall–Kier alpha value is -1.33. The van der Waals surface area contributed by atoms with Gasteiger partial charge in [0.2, 0.25) is 5.91 Å². The molecule has 0 bridgehead atoms. The van der Waals surface area contributed by atoms with Crippen LogP contribution in [-0.2, 0) is 14.6 Å². The molecule has 1 heterocycles. The van der Waals surface area contributed by atoms with Crippen molar-refractivity contribution < 1.29 is 13.2 Å². The number of rotatable bonds is 3. The predicted octanol–water partition coefficient (Wildman–Crippen LogP) is 2.00. The second kappa shape index (κ2) is 5.97. The Morgan fingerprint density at radius 1 is 1.35 bits per heavy atom. The Morgan fingerprint density at radius 3 is 2.55 bits per heavy atom. The zero-order valence-corrected chi connectivity index (χ0v) is 12.7. The van der Waals surface area contributed by atoms with E-state index in [1.807, 2.05) is 12.1 Å². The van der Waals surface area contributed by atoms with Gasteiger partial charge in [0.15, 0.2) is 9.84 Å². The molecule has 108 valence electrons. The Bertz CT molecular complexity index is 622. The number of halogens is 1. The van der Waals surface area contributed by atoms with E-state index in [0.29, 0.717) is 11.4 Å². The van der Waals surface area contributed by atoms with Crippen molar-refractivity contribution in [1.82, 2.24) is 4.90 Å². The van der Waals surface area contributed by atoms with Gasteiger partial charge in [0.05, 0.1) is 11.5 Å². The van der Waals surface area contributed by atoms with Crippen molar-refractivity contribution in [2.24, 2.45) is 0 Å². The molecule has 1 saturated heterocycles. The van der Waals surface area contributed by atoms with Gasteiger partial charge in [0, 0.05) is 24.2 Å². The molecular formula is C14H16ClNO3S. The first-order chi connectivity index (χ1) is 9.37. The Labute approximate surface area is 124 Å². The molecule has 1 atom stereocenters. The summed E-state index contributed by atoms with van der Waals surface area (Å²) in [5.41, 5.74) is 0.871. The molecule has 1 aliphatic rings. The van der Waals surface area contributed by atoms with E-state index in [1.54, 1.807) is 25.3 Å². The van der Waals surface area contributed by atoms with Crippen LogP contribution in [0.3, 0.4) is 0 Å². The minimum atomic E-state index is -2.98. The first-order valence-electron chi connectivity index (χ1n) is 6.28. The molecule has 1 aromatic rings. The third-order valence-corrected chi connectivity index (χ3v) is 5.39. The fourth-order valence-corrected chi connectivity index (χ4v) is 4.02. The molecule has 20 heavy (non-hydrogen) atoms. The molecule has 2 rings (SSSR count). The molecule has 1 amide bonds. The van der Waals surface area contributed by atoms with Crippen molar-refractivity contribution in [3.63, 3.8) is 0 Å². The molecule has 0 spiro atoms. The van der Waals surface area contributed by atoms with E-state index in [2.05, 4.69) is 0 Å². The summed E-state index contributed by atoms with van der Waals surface area (Å²) in [5.74, 6) is 0.0299. The molecule has 0 unspecified atom stereocenters. The van der Waals surface area contributed by atoms with Gasteiger partial charge in [-0.05, 0) is 30.2 Å². The van der Waals surface area contributed by atoms with Crippen molar-refractivity contribution in [3.8, 4) is 0 Å². The fourth-order valence-electron chi connectivity index (χ4n) is 2.12. The maximum atomic E-state index is 12.0. The lowest BCUT2D eigenvalue weighted by Crippen LogP contribution is -2.36. The molecule has 1 aliphatic heterocycles. The highest BCUT2D eigenvalue weighted by Crippen LogP contribution is 2.17. The van der Waals surface area contributed by atoms with Gasteiger partial charge < -0.3 is 4.90 Å². The number of hydrogen-bond donors (Lipinski definition) is 0. The fraction of sp³-hybridized carbons (Fsp3) is 0.357. The number of carbonyl (C=O) groups is 1. The summed E-state index contributed by atoms with van der Waals surface area (Å²) in [4.78, 5) is 13.5. The lowest BCUT2D eigenvalue weighted by Gasteiger charge is -2.21. The quantitative estimate of drug-likeness (QED) is 0.802. The van der Waals surface area contributed by atoms with Crippen LogP contribution in [0.4, 0.5) is 0 Å². The molecule has 0 N–H and O–H groups in total. The first-order valence-corrected chi connectivity index (χ1v) is 8.48. The van der Waals surface area contributed by atoms with Crippen LogP contribution in [0.5, 0.6) is 0 Å². The van der Waals surface area contributed by atoms with Crippen LogP contribution < -0.4 is 0 Å². The summed E-state index contributed by atoms with van der Waals surface area (Å²) >= 11 is 5.78. The number of amides is 1. The molecule has 0 saturated carbocycles. The van der Waals surface area contributed by atoms with Crippen molar-refractivity contribution >= 4 is 33.4 Å². The Morgan fingerprint density at radius 2 is 2.00 bits per heavy atom. The molecule has 6 heteroatoms. The molecule has 0 aliphatic carbocycles. The molecule has 0 radical (unpaired) electrons. The normalized spacial score (nSPS) is 21.2. The molecule has 4 nitrogen and oxygen atoms in total. The molecular weight excluding hydrogens is 298 g/mol. The van der Waals surface area contributed by atoms with Crippen LogP contribution in [0.1, 0.15) is 12.0 Å². The van der Waals surface area contributed by atoms with Crippen molar-refractivity contribution in [1.29, 1.82) is 0 Å². The van der Waals surface area contributed by atoms with Crippen molar-refractivity contribution in [2.75, 3.05) is 18.6 Å². The lowest BCUT2D eigenvalue weighted by atomic mass is 10.2. The summed E-state index contributed by atoms with van der Waals surface area (Å²) in [6, 6.07) is 6.90. The Balaban J connectivity index is 1.99. The highest BCUT2D eigenvalue weighted by Gasteiger charge is 2.31. The molecule has 1 aromatic carbocycles. The van der Waals surface area contributed by atoms with Crippen LogP contribution in [0.25, 0.3) is 6.08 Å². The lowest BCUT2D eigenvalue weighted by molar-refractivity contribution is -0.126. The number of likely N-dealkylation sites (N-methyl/N-ethyl adjacent to an activating group) is 1. The van der Waals surface area contributed by atoms with Crippen LogP contribution in [0, 0.1) is 0 Å². The number of carbonyl (C=O) groups excluding carboxylic acids is 1. The average molecular weight is 314 g/mol. The third kappa shape index (κ3) is 3.84. The largest absolute Gasteiger partial charge is 0.338 e. The topological polar surface area (TPSA) is 54.5 Å². The summed E-state index contributed by atoms with van der Waals surface area (Å²) in [5, 5.41) is 0.641. The smallest absolute Gasteiger partial charge is 0.246 e. The maximum Gasteiger partial charge on any atom is 0.246 e. The second-order valence-electron chi connectivity index (χ2n) is 4.89. The van der Waals surface area contributed by atoms with Crippen molar-refractivity contribution in [2.45, 2.75) is 12.5 Å². The third-order valence-electron chi connectivity index (χ3n) is 3.39. The van der Waals surface area contributed by atoms with Crippen molar-refractivity contribution in [3.05, 3.63) is 40.9 Å². The van der Waals surface area contributed by atoms with Gasteiger partial charge in [-0.15, -0.1) is 0 Å². The zero-order chi connectivity index (χ0) is 14.8. The van der Waals surface area contributed by atoms with E-state index in [1.165, 1.54) is 11.0 Å². The minimum absolute atomic E-state index is 0.0595. The minimum Gasteiger partial charge on any atom is -0.338 e. The van der Waals surface area contributed by atoms with Gasteiger partial charge >= 0.3 is 0 Å². The summed E-state index contributed by atoms with van der Waals surface area (Å²) in [6.07, 6.45) is 3.66. The standard InChI is InChI=1S/C14H16ClNO3S/c1-16(13-8-9-20(18,19)10-13)14(17)7-4-11-2-5-12(15)6-3-11/h2-7,13H,8-10H2,1H3/b7-4+/t13-/m1/s1. The van der Waals surface area contributed by atoms with E-state index in [4.69, 9.17) is 11.6 Å². The second-order valence-corrected chi connectivity index (χ2v) is 7.56. The number of hydrogen-bond acceptors (Lipinski definition) is 3. The van der Waals surface area contributed by atoms with Crippen LogP contribution >= 0.6 is 11.6 Å². The maximum absolute atomic E-state index is 12.0. The van der Waals surface area contributed by atoms with E-state index >= 15 is 0 Å². The van der Waals surface area contributed by atoms with E-state index in [-0.39, 0.29) is 23.5 Å². The number of sulfone groups is 1. The summed E-state index contributed by atoms with van der Waals surface area (Å²) in [7, 11) is -1.34. The molecule has 1 fully saturated rings. The van der Waals surface area contributed by atoms with E-state index < -0.39 is 9.84 Å². The average Bonchev–Trinajstić information content (AvgIpc) is 2.77. The predicted molar refractivity (Wildman–Crippen MR) is 80.3 cm³/mol. The van der Waals surface area contributed by atoms with Crippen LogP contribution in [0.15, 0.2) is 30.3 Å². The van der Waals surface area contributed by atoms with Gasteiger partial charge in [-0.2, -0.15) is 0 Å². The highest BCUT2D eigenvalue weighted by atomic mass is 35.5. The van der Waals surface area contributed by atoms with Gasteiger partial charge in [0.1, 0.15) is 0 Å². The highest BCUT2D eigenvalue weighted by molar-refractivity contribution is 7.91. The van der Waals surface area contributed by atoms with E-state index in [0.717, 1.165) is 5.56 Å². The summed E-state index contributed by atoms with van der Waals surface area (Å²) < 4.78 is 22.8. The monoisotopic (exact) mass is 313 g/mol.